The predicted octanol–water partition coefficient (Wildman–Crippen LogP) is 1.60. The molecular formula is C12H12FN3O2S. The number of hydrogen-bond acceptors (Lipinski definition) is 4. The number of nitrogens with zero attached hydrogens (tertiary/aromatic N) is 2. The van der Waals surface area contributed by atoms with E-state index in [-0.39, 0.29) is 11.6 Å². The fourth-order valence-electron chi connectivity index (χ4n) is 1.48. The number of nitrogens with one attached hydrogen (secondary N) is 1. The van der Waals surface area contributed by atoms with E-state index in [0.717, 1.165) is 11.6 Å². The fraction of sp³-hybridized carbons (Fsp3) is 0.167. The maximum atomic E-state index is 12.8. The summed E-state index contributed by atoms with van der Waals surface area (Å²) < 4.78 is 38.7. The summed E-state index contributed by atoms with van der Waals surface area (Å²) >= 11 is 0. The van der Waals surface area contributed by atoms with Gasteiger partial charge in [0, 0.05) is 12.4 Å². The zero-order chi connectivity index (χ0) is 13.7. The Morgan fingerprint density at radius 2 is 1.89 bits per heavy atom. The third-order valence-corrected chi connectivity index (χ3v) is 3.65. The summed E-state index contributed by atoms with van der Waals surface area (Å²) in [4.78, 5) is 7.30. The lowest BCUT2D eigenvalue weighted by atomic mass is 10.2. The lowest BCUT2D eigenvalue weighted by molar-refractivity contribution is 0.584. The van der Waals surface area contributed by atoms with Crippen molar-refractivity contribution in [2.24, 2.45) is 0 Å². The van der Waals surface area contributed by atoms with Gasteiger partial charge < -0.3 is 0 Å². The van der Waals surface area contributed by atoms with Gasteiger partial charge in [-0.3, -0.25) is 9.71 Å². The van der Waals surface area contributed by atoms with Crippen molar-refractivity contribution in [2.45, 2.75) is 6.42 Å². The van der Waals surface area contributed by atoms with Crippen LogP contribution in [0.4, 0.5) is 10.2 Å². The Kier molecular flexibility index (Phi) is 4.06. The maximum Gasteiger partial charge on any atom is 0.234 e. The molecule has 100 valence electrons. The molecule has 2 aromatic rings. The summed E-state index contributed by atoms with van der Waals surface area (Å²) in [5, 5.41) is 0. The molecule has 0 aliphatic carbocycles. The maximum absolute atomic E-state index is 12.8. The van der Waals surface area contributed by atoms with Crippen LogP contribution in [0.1, 0.15) is 5.56 Å². The lowest BCUT2D eigenvalue weighted by Gasteiger charge is -2.07. The first-order chi connectivity index (χ1) is 9.05. The van der Waals surface area contributed by atoms with E-state index in [1.807, 2.05) is 0 Å². The molecule has 2 rings (SSSR count). The van der Waals surface area contributed by atoms with E-state index >= 15 is 0 Å². The van der Waals surface area contributed by atoms with Crippen LogP contribution in [0.2, 0.25) is 0 Å². The summed E-state index contributed by atoms with van der Waals surface area (Å²) in [7, 11) is -3.55. The van der Waals surface area contributed by atoms with Crippen LogP contribution in [0.5, 0.6) is 0 Å². The van der Waals surface area contributed by atoms with Gasteiger partial charge in [0.25, 0.3) is 0 Å². The van der Waals surface area contributed by atoms with Crippen molar-refractivity contribution in [3.05, 3.63) is 54.2 Å². The largest absolute Gasteiger partial charge is 0.267 e. The van der Waals surface area contributed by atoms with Gasteiger partial charge >= 0.3 is 0 Å². The minimum absolute atomic E-state index is 0.0188. The van der Waals surface area contributed by atoms with Crippen molar-refractivity contribution in [3.63, 3.8) is 0 Å². The highest BCUT2D eigenvalue weighted by Crippen LogP contribution is 2.08. The number of halogens is 1. The van der Waals surface area contributed by atoms with Crippen LogP contribution in [0.25, 0.3) is 0 Å². The van der Waals surface area contributed by atoms with Gasteiger partial charge in [-0.1, -0.05) is 6.07 Å². The first-order valence-electron chi connectivity index (χ1n) is 5.57. The van der Waals surface area contributed by atoms with E-state index in [4.69, 9.17) is 0 Å². The molecule has 0 aliphatic rings. The Morgan fingerprint density at radius 3 is 2.58 bits per heavy atom. The summed E-state index contributed by atoms with van der Waals surface area (Å²) in [6.45, 7) is 0. The number of anilines is 1. The molecule has 1 N–H and O–H groups in total. The second-order valence-corrected chi connectivity index (χ2v) is 5.71. The third-order valence-electron chi connectivity index (χ3n) is 2.38. The van der Waals surface area contributed by atoms with Gasteiger partial charge in [0.05, 0.1) is 5.75 Å². The summed E-state index contributed by atoms with van der Waals surface area (Å²) in [5.41, 5.74) is 0.868. The van der Waals surface area contributed by atoms with Crippen molar-refractivity contribution < 1.29 is 12.8 Å². The Labute approximate surface area is 110 Å². The van der Waals surface area contributed by atoms with Crippen molar-refractivity contribution >= 4 is 15.8 Å². The van der Waals surface area contributed by atoms with Crippen LogP contribution in [0.3, 0.4) is 0 Å². The molecule has 0 aromatic carbocycles. The van der Waals surface area contributed by atoms with Gasteiger partial charge in [0.1, 0.15) is 5.82 Å². The molecule has 0 spiro atoms. The monoisotopic (exact) mass is 281 g/mol. The van der Waals surface area contributed by atoms with Crippen molar-refractivity contribution in [3.8, 4) is 0 Å². The SMILES string of the molecule is O=S(=O)(CCc1ccncc1)Nc1cccc(F)n1. The van der Waals surface area contributed by atoms with Crippen LogP contribution in [-0.2, 0) is 16.4 Å². The van der Waals surface area contributed by atoms with Crippen LogP contribution < -0.4 is 4.72 Å². The number of sulfonamides is 1. The van der Waals surface area contributed by atoms with Crippen molar-refractivity contribution in [1.29, 1.82) is 0 Å². The Balaban J connectivity index is 1.99. The average Bonchev–Trinajstić information content (AvgIpc) is 2.37. The minimum atomic E-state index is -3.55. The fourth-order valence-corrected chi connectivity index (χ4v) is 2.52. The molecule has 0 bridgehead atoms. The van der Waals surface area contributed by atoms with Crippen LogP contribution >= 0.6 is 0 Å². The molecular weight excluding hydrogens is 269 g/mol. The zero-order valence-electron chi connectivity index (χ0n) is 9.95. The molecule has 0 amide bonds. The van der Waals surface area contributed by atoms with Gasteiger partial charge in [-0.25, -0.2) is 13.4 Å². The average molecular weight is 281 g/mol. The molecule has 0 unspecified atom stereocenters. The van der Waals surface area contributed by atoms with E-state index in [1.165, 1.54) is 12.1 Å². The van der Waals surface area contributed by atoms with Gasteiger partial charge in [0.15, 0.2) is 0 Å². The van der Waals surface area contributed by atoms with E-state index in [2.05, 4.69) is 14.7 Å². The Bertz CT molecular complexity index is 647. The third kappa shape index (κ3) is 4.29. The van der Waals surface area contributed by atoms with E-state index in [1.54, 1.807) is 24.5 Å². The van der Waals surface area contributed by atoms with Crippen molar-refractivity contribution in [1.82, 2.24) is 9.97 Å². The van der Waals surface area contributed by atoms with E-state index in [9.17, 15) is 12.8 Å². The van der Waals surface area contributed by atoms with E-state index in [0.29, 0.717) is 6.42 Å². The first kappa shape index (κ1) is 13.4. The normalized spacial score (nSPS) is 11.2. The highest BCUT2D eigenvalue weighted by molar-refractivity contribution is 7.92. The Morgan fingerprint density at radius 1 is 1.16 bits per heavy atom. The van der Waals surface area contributed by atoms with E-state index < -0.39 is 16.0 Å². The predicted molar refractivity (Wildman–Crippen MR) is 69.5 cm³/mol. The van der Waals surface area contributed by atoms with Crippen LogP contribution in [0.15, 0.2) is 42.7 Å². The number of pyridine rings is 2. The molecule has 7 heteroatoms. The number of aryl methyl sites for hydroxylation is 1. The number of rotatable bonds is 5. The summed E-state index contributed by atoms with van der Waals surface area (Å²) in [6, 6.07) is 7.43. The molecule has 2 heterocycles. The van der Waals surface area contributed by atoms with Gasteiger partial charge in [-0.2, -0.15) is 4.39 Å². The molecule has 2 aromatic heterocycles. The molecule has 19 heavy (non-hydrogen) atoms. The molecule has 0 aliphatic heterocycles. The van der Waals surface area contributed by atoms with Gasteiger partial charge in [0.2, 0.25) is 16.0 Å². The highest BCUT2D eigenvalue weighted by Gasteiger charge is 2.11. The minimum Gasteiger partial charge on any atom is -0.267 e. The lowest BCUT2D eigenvalue weighted by Crippen LogP contribution is -2.19. The highest BCUT2D eigenvalue weighted by atomic mass is 32.2. The molecule has 0 saturated heterocycles. The molecule has 0 atom stereocenters. The zero-order valence-corrected chi connectivity index (χ0v) is 10.8. The molecule has 0 radical (unpaired) electrons. The second-order valence-electron chi connectivity index (χ2n) is 3.87. The smallest absolute Gasteiger partial charge is 0.234 e. The van der Waals surface area contributed by atoms with Crippen LogP contribution in [0, 0.1) is 5.95 Å². The molecule has 0 fully saturated rings. The Hall–Kier alpha value is -2.02. The standard InChI is InChI=1S/C12H12FN3O2S/c13-11-2-1-3-12(15-11)16-19(17,18)9-6-10-4-7-14-8-5-10/h1-5,7-8H,6,9H2,(H,15,16). The first-order valence-corrected chi connectivity index (χ1v) is 7.22. The van der Waals surface area contributed by atoms with Crippen LogP contribution in [-0.4, -0.2) is 24.1 Å². The summed E-state index contributed by atoms with van der Waals surface area (Å²) in [6.07, 6.45) is 3.56. The quantitative estimate of drug-likeness (QED) is 0.845. The van der Waals surface area contributed by atoms with Gasteiger partial charge in [-0.05, 0) is 36.2 Å². The summed E-state index contributed by atoms with van der Waals surface area (Å²) in [5.74, 6) is -0.848. The van der Waals surface area contributed by atoms with Crippen molar-refractivity contribution in [2.75, 3.05) is 10.5 Å². The molecule has 0 saturated carbocycles. The second kappa shape index (κ2) is 5.75. The molecule has 5 nitrogen and oxygen atoms in total. The number of hydrogen-bond donors (Lipinski definition) is 1. The van der Waals surface area contributed by atoms with Gasteiger partial charge in [-0.15, -0.1) is 0 Å². The topological polar surface area (TPSA) is 72.0 Å². The number of aromatic nitrogens is 2.